The summed E-state index contributed by atoms with van der Waals surface area (Å²) in [5.74, 6) is -0.256. The van der Waals surface area contributed by atoms with E-state index < -0.39 is 0 Å². The molecule has 1 aliphatic heterocycles. The number of nitrogens with one attached hydrogen (secondary N) is 1. The Labute approximate surface area is 161 Å². The molecule has 2 aromatic rings. The number of hydrogen-bond donors (Lipinski definition) is 1. The van der Waals surface area contributed by atoms with Gasteiger partial charge in [-0.05, 0) is 42.6 Å². The van der Waals surface area contributed by atoms with Gasteiger partial charge in [0.05, 0.1) is 11.5 Å². The molecular weight excluding hydrogens is 366 g/mol. The van der Waals surface area contributed by atoms with Crippen molar-refractivity contribution in [3.05, 3.63) is 52.2 Å². The van der Waals surface area contributed by atoms with Crippen molar-refractivity contribution in [1.82, 2.24) is 9.80 Å². The first kappa shape index (κ1) is 18.9. The number of rotatable bonds is 4. The summed E-state index contributed by atoms with van der Waals surface area (Å²) in [6.07, 6.45) is -0.338. The number of nitrogens with zero attached hydrogens (tertiary/aromatic N) is 2. The normalized spacial score (nSPS) is 14.0. The van der Waals surface area contributed by atoms with Crippen molar-refractivity contribution in [2.75, 3.05) is 38.1 Å². The first-order valence-electron chi connectivity index (χ1n) is 8.74. The molecule has 0 saturated carbocycles. The van der Waals surface area contributed by atoms with Crippen LogP contribution in [0.4, 0.5) is 10.5 Å². The largest absolute Gasteiger partial charge is 0.450 e. The zero-order valence-electron chi connectivity index (χ0n) is 15.0. The van der Waals surface area contributed by atoms with Gasteiger partial charge in [-0.1, -0.05) is 6.07 Å². The van der Waals surface area contributed by atoms with Crippen molar-refractivity contribution in [2.45, 2.75) is 6.92 Å². The van der Waals surface area contributed by atoms with E-state index in [0.717, 1.165) is 0 Å². The van der Waals surface area contributed by atoms with Crippen LogP contribution in [0.25, 0.3) is 0 Å². The topological polar surface area (TPSA) is 79.0 Å². The standard InChI is InChI=1S/C19H21N3O4S/c1-2-26-19(25)22-11-9-21(10-12-22)18(24)14-5-7-15(8-6-14)20-17(23)16-4-3-13-27-16/h3-8,13H,2,9-12H2,1H3,(H,20,23). The van der Waals surface area contributed by atoms with E-state index >= 15 is 0 Å². The van der Waals surface area contributed by atoms with Crippen molar-refractivity contribution < 1.29 is 19.1 Å². The van der Waals surface area contributed by atoms with E-state index in [0.29, 0.717) is 48.9 Å². The molecule has 3 amide bonds. The van der Waals surface area contributed by atoms with Crippen molar-refractivity contribution in [3.63, 3.8) is 0 Å². The number of anilines is 1. The molecule has 0 spiro atoms. The van der Waals surface area contributed by atoms with Crippen LogP contribution in [0.5, 0.6) is 0 Å². The van der Waals surface area contributed by atoms with E-state index in [2.05, 4.69) is 5.32 Å². The molecule has 3 rings (SSSR count). The van der Waals surface area contributed by atoms with Crippen LogP contribution < -0.4 is 5.32 Å². The van der Waals surface area contributed by atoms with Gasteiger partial charge >= 0.3 is 6.09 Å². The van der Waals surface area contributed by atoms with E-state index in [-0.39, 0.29) is 17.9 Å². The molecule has 1 aromatic carbocycles. The van der Waals surface area contributed by atoms with Gasteiger partial charge in [0.15, 0.2) is 0 Å². The third-order valence-electron chi connectivity index (χ3n) is 4.23. The molecule has 1 aromatic heterocycles. The number of amides is 3. The number of ether oxygens (including phenoxy) is 1. The number of thiophene rings is 1. The minimum atomic E-state index is -0.338. The Kier molecular flexibility index (Phi) is 6.08. The van der Waals surface area contributed by atoms with E-state index in [4.69, 9.17) is 4.74 Å². The van der Waals surface area contributed by atoms with Crippen LogP contribution in [0.2, 0.25) is 0 Å². The summed E-state index contributed by atoms with van der Waals surface area (Å²) in [5.41, 5.74) is 1.19. The molecule has 27 heavy (non-hydrogen) atoms. The van der Waals surface area contributed by atoms with Gasteiger partial charge < -0.3 is 19.9 Å². The molecule has 8 heteroatoms. The summed E-state index contributed by atoms with van der Waals surface area (Å²) in [4.78, 5) is 40.4. The third kappa shape index (κ3) is 4.65. The second-order valence-electron chi connectivity index (χ2n) is 5.99. The second kappa shape index (κ2) is 8.68. The lowest BCUT2D eigenvalue weighted by molar-refractivity contribution is 0.0570. The fourth-order valence-electron chi connectivity index (χ4n) is 2.79. The summed E-state index contributed by atoms with van der Waals surface area (Å²) in [6, 6.07) is 10.4. The molecule has 7 nitrogen and oxygen atoms in total. The van der Waals surface area contributed by atoms with Crippen LogP contribution in [-0.4, -0.2) is 60.5 Å². The Balaban J connectivity index is 1.55. The highest BCUT2D eigenvalue weighted by molar-refractivity contribution is 7.12. The van der Waals surface area contributed by atoms with Gasteiger partial charge in [0, 0.05) is 37.4 Å². The van der Waals surface area contributed by atoms with Gasteiger partial charge in [-0.2, -0.15) is 0 Å². The highest BCUT2D eigenvalue weighted by atomic mass is 32.1. The van der Waals surface area contributed by atoms with Gasteiger partial charge in [-0.25, -0.2) is 4.79 Å². The van der Waals surface area contributed by atoms with Crippen LogP contribution in [0, 0.1) is 0 Å². The number of piperazine rings is 1. The van der Waals surface area contributed by atoms with Crippen LogP contribution in [-0.2, 0) is 4.74 Å². The monoisotopic (exact) mass is 387 g/mol. The van der Waals surface area contributed by atoms with Gasteiger partial charge in [0.1, 0.15) is 0 Å². The molecule has 2 heterocycles. The molecule has 142 valence electrons. The van der Waals surface area contributed by atoms with Crippen molar-refractivity contribution in [1.29, 1.82) is 0 Å². The third-order valence-corrected chi connectivity index (χ3v) is 5.10. The van der Waals surface area contributed by atoms with Crippen molar-refractivity contribution in [3.8, 4) is 0 Å². The average molecular weight is 387 g/mol. The van der Waals surface area contributed by atoms with Gasteiger partial charge in [0.25, 0.3) is 11.8 Å². The van der Waals surface area contributed by atoms with Crippen molar-refractivity contribution in [2.24, 2.45) is 0 Å². The first-order chi connectivity index (χ1) is 13.1. The van der Waals surface area contributed by atoms with E-state index in [1.54, 1.807) is 47.1 Å². The Bertz CT molecular complexity index is 797. The maximum atomic E-state index is 12.6. The van der Waals surface area contributed by atoms with E-state index in [9.17, 15) is 14.4 Å². The fraction of sp³-hybridized carbons (Fsp3) is 0.316. The highest BCUT2D eigenvalue weighted by Crippen LogP contribution is 2.16. The maximum absolute atomic E-state index is 12.6. The highest BCUT2D eigenvalue weighted by Gasteiger charge is 2.25. The predicted octanol–water partition coefficient (Wildman–Crippen LogP) is 2.91. The molecule has 1 aliphatic rings. The van der Waals surface area contributed by atoms with E-state index in [1.807, 2.05) is 11.4 Å². The molecule has 1 saturated heterocycles. The molecule has 0 radical (unpaired) electrons. The summed E-state index contributed by atoms with van der Waals surface area (Å²) in [7, 11) is 0. The lowest BCUT2D eigenvalue weighted by Gasteiger charge is -2.34. The molecule has 1 N–H and O–H groups in total. The predicted molar refractivity (Wildman–Crippen MR) is 103 cm³/mol. The first-order valence-corrected chi connectivity index (χ1v) is 9.62. The maximum Gasteiger partial charge on any atom is 0.409 e. The quantitative estimate of drug-likeness (QED) is 0.875. The SMILES string of the molecule is CCOC(=O)N1CCN(C(=O)c2ccc(NC(=O)c3cccs3)cc2)CC1. The number of hydrogen-bond acceptors (Lipinski definition) is 5. The number of carbonyl (C=O) groups is 3. The zero-order valence-corrected chi connectivity index (χ0v) is 15.8. The average Bonchev–Trinajstić information content (AvgIpc) is 3.23. The molecule has 1 fully saturated rings. The van der Waals surface area contributed by atoms with Crippen LogP contribution in [0.1, 0.15) is 27.0 Å². The lowest BCUT2D eigenvalue weighted by Crippen LogP contribution is -2.50. The fourth-order valence-corrected chi connectivity index (χ4v) is 3.40. The summed E-state index contributed by atoms with van der Waals surface area (Å²) in [5, 5.41) is 4.65. The minimum absolute atomic E-state index is 0.0883. The Morgan fingerprint density at radius 2 is 1.70 bits per heavy atom. The Hall–Kier alpha value is -2.87. The Morgan fingerprint density at radius 3 is 2.30 bits per heavy atom. The summed E-state index contributed by atoms with van der Waals surface area (Å²) >= 11 is 1.37. The van der Waals surface area contributed by atoms with E-state index in [1.165, 1.54) is 11.3 Å². The van der Waals surface area contributed by atoms with Crippen LogP contribution in [0.15, 0.2) is 41.8 Å². The van der Waals surface area contributed by atoms with Crippen LogP contribution in [0.3, 0.4) is 0 Å². The second-order valence-corrected chi connectivity index (χ2v) is 6.93. The van der Waals surface area contributed by atoms with Crippen molar-refractivity contribution >= 4 is 34.9 Å². The summed E-state index contributed by atoms with van der Waals surface area (Å²) in [6.45, 7) is 3.96. The summed E-state index contributed by atoms with van der Waals surface area (Å²) < 4.78 is 4.98. The zero-order chi connectivity index (χ0) is 19.2. The molecule has 0 atom stereocenters. The number of benzene rings is 1. The Morgan fingerprint density at radius 1 is 1.04 bits per heavy atom. The molecule has 0 unspecified atom stereocenters. The smallest absolute Gasteiger partial charge is 0.409 e. The lowest BCUT2D eigenvalue weighted by atomic mass is 10.1. The van der Waals surface area contributed by atoms with Gasteiger partial charge in [-0.15, -0.1) is 11.3 Å². The molecule has 0 aliphatic carbocycles. The molecular formula is C19H21N3O4S. The molecule has 0 bridgehead atoms. The number of carbonyl (C=O) groups excluding carboxylic acids is 3. The van der Waals surface area contributed by atoms with Crippen LogP contribution >= 0.6 is 11.3 Å². The minimum Gasteiger partial charge on any atom is -0.450 e. The van der Waals surface area contributed by atoms with Gasteiger partial charge in [-0.3, -0.25) is 9.59 Å². The van der Waals surface area contributed by atoms with Gasteiger partial charge in [0.2, 0.25) is 0 Å².